The topological polar surface area (TPSA) is 61.4 Å². The first kappa shape index (κ1) is 14.9. The Balaban J connectivity index is 1.71. The zero-order chi connectivity index (χ0) is 14.8. The smallest absolute Gasteiger partial charge is 0.250 e. The Labute approximate surface area is 129 Å². The number of likely N-dealkylation sites (tertiary alicyclic amines) is 1. The second-order valence-electron chi connectivity index (χ2n) is 6.10. The van der Waals surface area contributed by atoms with E-state index in [0.717, 1.165) is 43.2 Å². The lowest BCUT2D eigenvalue weighted by molar-refractivity contribution is -0.118. The highest BCUT2D eigenvalue weighted by molar-refractivity contribution is 8.04. The van der Waals surface area contributed by atoms with Gasteiger partial charge in [-0.1, -0.05) is 6.92 Å². The van der Waals surface area contributed by atoms with Gasteiger partial charge in [-0.15, -0.1) is 11.8 Å². The van der Waals surface area contributed by atoms with Gasteiger partial charge in [-0.05, 0) is 38.3 Å². The zero-order valence-electron chi connectivity index (χ0n) is 12.4. The van der Waals surface area contributed by atoms with Crippen LogP contribution in [0.25, 0.3) is 0 Å². The summed E-state index contributed by atoms with van der Waals surface area (Å²) >= 11 is 1.66. The minimum Gasteiger partial charge on any atom is -0.352 e. The molecular weight excluding hydrogens is 286 g/mol. The third-order valence-corrected chi connectivity index (χ3v) is 6.01. The van der Waals surface area contributed by atoms with E-state index in [2.05, 4.69) is 22.5 Å². The van der Waals surface area contributed by atoms with Gasteiger partial charge < -0.3 is 15.5 Å². The molecule has 0 aromatic heterocycles. The summed E-state index contributed by atoms with van der Waals surface area (Å²) in [5.74, 6) is 0.972. The van der Waals surface area contributed by atoms with E-state index in [4.69, 9.17) is 0 Å². The summed E-state index contributed by atoms with van der Waals surface area (Å²) in [6.07, 6.45) is 4.14. The number of hydrogen-bond acceptors (Lipinski definition) is 4. The van der Waals surface area contributed by atoms with Crippen LogP contribution < -0.4 is 10.6 Å². The highest BCUT2D eigenvalue weighted by Crippen LogP contribution is 2.45. The second-order valence-corrected chi connectivity index (χ2v) is 7.35. The van der Waals surface area contributed by atoms with E-state index < -0.39 is 0 Å². The maximum atomic E-state index is 12.5. The molecule has 0 radical (unpaired) electrons. The highest BCUT2D eigenvalue weighted by Gasteiger charge is 2.42. The Morgan fingerprint density at radius 3 is 2.90 bits per heavy atom. The summed E-state index contributed by atoms with van der Waals surface area (Å²) in [6, 6.07) is 0. The maximum Gasteiger partial charge on any atom is 0.250 e. The summed E-state index contributed by atoms with van der Waals surface area (Å²) < 4.78 is 0. The molecule has 1 aliphatic carbocycles. The van der Waals surface area contributed by atoms with E-state index in [0.29, 0.717) is 17.6 Å². The normalized spacial score (nSPS) is 29.2. The van der Waals surface area contributed by atoms with Crippen molar-refractivity contribution >= 4 is 24.1 Å². The van der Waals surface area contributed by atoms with E-state index in [9.17, 15) is 9.59 Å². The molecule has 2 unspecified atom stereocenters. The van der Waals surface area contributed by atoms with Gasteiger partial charge >= 0.3 is 0 Å². The lowest BCUT2D eigenvalue weighted by atomic mass is 9.88. The molecule has 2 atom stereocenters. The highest BCUT2D eigenvalue weighted by atomic mass is 32.2. The van der Waals surface area contributed by atoms with Crippen LogP contribution in [0.2, 0.25) is 0 Å². The predicted molar refractivity (Wildman–Crippen MR) is 83.6 cm³/mol. The minimum absolute atomic E-state index is 0.0243. The van der Waals surface area contributed by atoms with Gasteiger partial charge in [0, 0.05) is 24.3 Å². The molecule has 2 aliphatic heterocycles. The minimum atomic E-state index is 0.0243. The van der Waals surface area contributed by atoms with Crippen LogP contribution in [0.4, 0.5) is 0 Å². The van der Waals surface area contributed by atoms with Crippen LogP contribution in [-0.2, 0) is 9.59 Å². The average Bonchev–Trinajstić information content (AvgIpc) is 3.25. The first-order valence-electron chi connectivity index (χ1n) is 7.84. The molecule has 2 N–H and O–H groups in total. The fourth-order valence-electron chi connectivity index (χ4n) is 3.19. The number of piperidine rings is 1. The molecule has 0 aromatic rings. The van der Waals surface area contributed by atoms with Crippen LogP contribution in [-0.4, -0.2) is 48.6 Å². The standard InChI is InChI=1S/C15H23N3O2S/c1-2-18-6-5-11-12(8-18)21-15(17-9-19)13(11)14(20)16-7-10-3-4-10/h9-12H,2-8H2,1H3,(H,16,20)(H,17,19). The van der Waals surface area contributed by atoms with Crippen LogP contribution in [0.5, 0.6) is 0 Å². The molecule has 2 fully saturated rings. The quantitative estimate of drug-likeness (QED) is 0.717. The Morgan fingerprint density at radius 1 is 1.43 bits per heavy atom. The molecule has 1 saturated heterocycles. The number of rotatable bonds is 6. The third-order valence-electron chi connectivity index (χ3n) is 4.66. The van der Waals surface area contributed by atoms with E-state index in [-0.39, 0.29) is 11.8 Å². The monoisotopic (exact) mass is 309 g/mol. The van der Waals surface area contributed by atoms with Crippen LogP contribution in [0, 0.1) is 11.8 Å². The van der Waals surface area contributed by atoms with Crippen molar-refractivity contribution in [3.8, 4) is 0 Å². The zero-order valence-corrected chi connectivity index (χ0v) is 13.2. The molecule has 2 amide bonds. The molecule has 1 saturated carbocycles. The van der Waals surface area contributed by atoms with Gasteiger partial charge in [0.1, 0.15) is 0 Å². The first-order chi connectivity index (χ1) is 10.2. The number of carbonyl (C=O) groups is 2. The lowest BCUT2D eigenvalue weighted by Gasteiger charge is -2.34. The van der Waals surface area contributed by atoms with Crippen molar-refractivity contribution in [2.45, 2.75) is 31.4 Å². The molecule has 0 bridgehead atoms. The van der Waals surface area contributed by atoms with Crippen LogP contribution in [0.3, 0.4) is 0 Å². The van der Waals surface area contributed by atoms with Crippen molar-refractivity contribution in [2.24, 2.45) is 11.8 Å². The number of thioether (sulfide) groups is 1. The fraction of sp³-hybridized carbons (Fsp3) is 0.733. The predicted octanol–water partition coefficient (Wildman–Crippen LogP) is 0.927. The third kappa shape index (κ3) is 3.26. The van der Waals surface area contributed by atoms with Crippen molar-refractivity contribution in [1.82, 2.24) is 15.5 Å². The Hall–Kier alpha value is -1.01. The molecule has 3 aliphatic rings. The molecule has 2 heterocycles. The van der Waals surface area contributed by atoms with Crippen molar-refractivity contribution in [2.75, 3.05) is 26.2 Å². The lowest BCUT2D eigenvalue weighted by Crippen LogP contribution is -2.43. The molecule has 0 spiro atoms. The van der Waals surface area contributed by atoms with Gasteiger partial charge in [0.05, 0.1) is 10.6 Å². The average molecular weight is 309 g/mol. The molecule has 6 heteroatoms. The summed E-state index contributed by atoms with van der Waals surface area (Å²) in [6.45, 7) is 6.02. The molecule has 116 valence electrons. The van der Waals surface area contributed by atoms with Crippen molar-refractivity contribution in [3.05, 3.63) is 10.6 Å². The summed E-state index contributed by atoms with van der Waals surface area (Å²) in [7, 11) is 0. The van der Waals surface area contributed by atoms with E-state index in [1.807, 2.05) is 0 Å². The van der Waals surface area contributed by atoms with Crippen molar-refractivity contribution in [1.29, 1.82) is 0 Å². The van der Waals surface area contributed by atoms with Gasteiger partial charge in [0.25, 0.3) is 0 Å². The van der Waals surface area contributed by atoms with Gasteiger partial charge in [-0.25, -0.2) is 0 Å². The van der Waals surface area contributed by atoms with Crippen LogP contribution in [0.15, 0.2) is 10.6 Å². The van der Waals surface area contributed by atoms with Crippen LogP contribution >= 0.6 is 11.8 Å². The molecule has 0 aromatic carbocycles. The number of nitrogens with zero attached hydrogens (tertiary/aromatic N) is 1. The Morgan fingerprint density at radius 2 is 2.24 bits per heavy atom. The first-order valence-corrected chi connectivity index (χ1v) is 8.72. The Kier molecular flexibility index (Phi) is 4.54. The van der Waals surface area contributed by atoms with Crippen LogP contribution in [0.1, 0.15) is 26.2 Å². The summed E-state index contributed by atoms with van der Waals surface area (Å²) in [4.78, 5) is 25.8. The molecule has 3 rings (SSSR count). The van der Waals surface area contributed by atoms with Gasteiger partial charge in [0.2, 0.25) is 12.3 Å². The SMILES string of the molecule is CCN1CCC2C(C(=O)NCC3CC3)=C(NC=O)SC2C1. The summed E-state index contributed by atoms with van der Waals surface area (Å²) in [5, 5.41) is 6.97. The molecule has 21 heavy (non-hydrogen) atoms. The van der Waals surface area contributed by atoms with Gasteiger partial charge in [0.15, 0.2) is 0 Å². The fourth-order valence-corrected chi connectivity index (χ4v) is 4.70. The largest absolute Gasteiger partial charge is 0.352 e. The van der Waals surface area contributed by atoms with E-state index in [1.54, 1.807) is 11.8 Å². The Bertz CT molecular complexity index is 462. The van der Waals surface area contributed by atoms with Gasteiger partial charge in [-0.2, -0.15) is 0 Å². The number of carbonyl (C=O) groups excluding carboxylic acids is 2. The molecule has 5 nitrogen and oxygen atoms in total. The van der Waals surface area contributed by atoms with Crippen molar-refractivity contribution in [3.63, 3.8) is 0 Å². The van der Waals surface area contributed by atoms with E-state index >= 15 is 0 Å². The van der Waals surface area contributed by atoms with E-state index in [1.165, 1.54) is 12.8 Å². The number of fused-ring (bicyclic) bond motifs is 1. The number of amides is 2. The maximum absolute atomic E-state index is 12.5. The van der Waals surface area contributed by atoms with Crippen molar-refractivity contribution < 1.29 is 9.59 Å². The number of hydrogen-bond donors (Lipinski definition) is 2. The molecular formula is C15H23N3O2S. The van der Waals surface area contributed by atoms with Gasteiger partial charge in [-0.3, -0.25) is 9.59 Å². The summed E-state index contributed by atoms with van der Waals surface area (Å²) in [5.41, 5.74) is 0.813. The number of nitrogens with one attached hydrogen (secondary N) is 2. The second kappa shape index (κ2) is 6.40.